The van der Waals surface area contributed by atoms with E-state index >= 15 is 0 Å². The molecule has 5 nitrogen and oxygen atoms in total. The molecule has 0 aliphatic carbocycles. The fraction of sp³-hybridized carbons (Fsp3) is 0.143. The molecule has 2 aromatic carbocycles. The van der Waals surface area contributed by atoms with E-state index in [2.05, 4.69) is 74.7 Å². The average molecular weight is 423 g/mol. The minimum absolute atomic E-state index is 0.839. The number of hydrogen-bond acceptors (Lipinski definition) is 4. The first-order chi connectivity index (χ1) is 13.0. The Kier molecular flexibility index (Phi) is 4.58. The van der Waals surface area contributed by atoms with Gasteiger partial charge >= 0.3 is 0 Å². The van der Waals surface area contributed by atoms with E-state index < -0.39 is 0 Å². The molecule has 0 unspecified atom stereocenters. The summed E-state index contributed by atoms with van der Waals surface area (Å²) in [4.78, 5) is 4.10. The number of halogens is 1. The molecular formula is C21H19BrN4O. The standard InChI is InChI=1S/C21H19BrN4O/c1-13-10-16(21-14(2)25-27-15(21)3)4-6-19(13)24-17-5-7-20(18(22)11-17)26-9-8-23-12-26/h4-12,24H,1-3H3. The summed E-state index contributed by atoms with van der Waals surface area (Å²) in [6.45, 7) is 6.00. The third-order valence-electron chi connectivity index (χ3n) is 4.56. The highest BCUT2D eigenvalue weighted by atomic mass is 79.9. The molecule has 6 heteroatoms. The van der Waals surface area contributed by atoms with Crippen molar-refractivity contribution in [2.45, 2.75) is 20.8 Å². The number of aromatic nitrogens is 3. The molecule has 27 heavy (non-hydrogen) atoms. The second-order valence-electron chi connectivity index (χ2n) is 6.49. The first-order valence-electron chi connectivity index (χ1n) is 8.62. The normalized spacial score (nSPS) is 11.0. The molecular weight excluding hydrogens is 404 g/mol. The van der Waals surface area contributed by atoms with E-state index in [0.29, 0.717) is 0 Å². The Morgan fingerprint density at radius 1 is 1.07 bits per heavy atom. The molecule has 0 aliphatic heterocycles. The Morgan fingerprint density at radius 3 is 2.56 bits per heavy atom. The van der Waals surface area contributed by atoms with Gasteiger partial charge in [-0.3, -0.25) is 0 Å². The highest BCUT2D eigenvalue weighted by molar-refractivity contribution is 9.10. The van der Waals surface area contributed by atoms with Crippen LogP contribution in [-0.2, 0) is 0 Å². The van der Waals surface area contributed by atoms with E-state index in [4.69, 9.17) is 4.52 Å². The first-order valence-corrected chi connectivity index (χ1v) is 9.41. The van der Waals surface area contributed by atoms with Crippen molar-refractivity contribution in [1.29, 1.82) is 0 Å². The van der Waals surface area contributed by atoms with Crippen molar-refractivity contribution in [3.05, 3.63) is 76.6 Å². The van der Waals surface area contributed by atoms with E-state index in [-0.39, 0.29) is 0 Å². The number of imidazole rings is 1. The van der Waals surface area contributed by atoms with Crippen molar-refractivity contribution < 1.29 is 4.52 Å². The van der Waals surface area contributed by atoms with Crippen LogP contribution in [0, 0.1) is 20.8 Å². The molecule has 1 N–H and O–H groups in total. The lowest BCUT2D eigenvalue weighted by Gasteiger charge is -2.13. The summed E-state index contributed by atoms with van der Waals surface area (Å²) in [5.41, 5.74) is 7.37. The van der Waals surface area contributed by atoms with Gasteiger partial charge in [0.15, 0.2) is 0 Å². The van der Waals surface area contributed by atoms with E-state index in [1.54, 1.807) is 12.5 Å². The quantitative estimate of drug-likeness (QED) is 0.440. The lowest BCUT2D eigenvalue weighted by Crippen LogP contribution is -1.96. The van der Waals surface area contributed by atoms with Gasteiger partial charge in [-0.15, -0.1) is 0 Å². The molecule has 0 spiro atoms. The van der Waals surface area contributed by atoms with Gasteiger partial charge in [0.2, 0.25) is 0 Å². The molecule has 2 heterocycles. The highest BCUT2D eigenvalue weighted by Gasteiger charge is 2.12. The van der Waals surface area contributed by atoms with Crippen LogP contribution >= 0.6 is 15.9 Å². The van der Waals surface area contributed by atoms with Crippen molar-refractivity contribution in [2.24, 2.45) is 0 Å². The summed E-state index contributed by atoms with van der Waals surface area (Å²) in [6.07, 6.45) is 5.47. The maximum absolute atomic E-state index is 5.29. The number of nitrogens with zero attached hydrogens (tertiary/aromatic N) is 3. The molecule has 4 aromatic rings. The maximum Gasteiger partial charge on any atom is 0.141 e. The fourth-order valence-electron chi connectivity index (χ4n) is 3.21. The zero-order valence-electron chi connectivity index (χ0n) is 15.3. The smallest absolute Gasteiger partial charge is 0.141 e. The van der Waals surface area contributed by atoms with Gasteiger partial charge in [-0.1, -0.05) is 11.2 Å². The van der Waals surface area contributed by atoms with Gasteiger partial charge in [0.1, 0.15) is 5.76 Å². The largest absolute Gasteiger partial charge is 0.361 e. The van der Waals surface area contributed by atoms with Crippen LogP contribution in [0.1, 0.15) is 17.0 Å². The summed E-state index contributed by atoms with van der Waals surface area (Å²) >= 11 is 3.65. The van der Waals surface area contributed by atoms with Crippen molar-refractivity contribution in [3.8, 4) is 16.8 Å². The molecule has 0 aliphatic rings. The molecule has 136 valence electrons. The summed E-state index contributed by atoms with van der Waals surface area (Å²) < 4.78 is 8.26. The summed E-state index contributed by atoms with van der Waals surface area (Å²) in [6, 6.07) is 12.5. The molecule has 4 rings (SSSR count). The molecule has 2 aromatic heterocycles. The Morgan fingerprint density at radius 2 is 1.93 bits per heavy atom. The van der Waals surface area contributed by atoms with E-state index in [1.165, 1.54) is 0 Å². The minimum atomic E-state index is 0.839. The minimum Gasteiger partial charge on any atom is -0.361 e. The predicted molar refractivity (Wildman–Crippen MR) is 111 cm³/mol. The number of aryl methyl sites for hydroxylation is 3. The molecule has 0 saturated carbocycles. The van der Waals surface area contributed by atoms with Crippen LogP contribution in [0.15, 0.2) is 64.1 Å². The van der Waals surface area contributed by atoms with Gasteiger partial charge in [-0.05, 0) is 78.2 Å². The van der Waals surface area contributed by atoms with Crippen LogP contribution in [0.5, 0.6) is 0 Å². The predicted octanol–water partition coefficient (Wildman–Crippen LogP) is 5.96. The van der Waals surface area contributed by atoms with Gasteiger partial charge < -0.3 is 14.4 Å². The summed E-state index contributed by atoms with van der Waals surface area (Å²) in [5.74, 6) is 0.839. The van der Waals surface area contributed by atoms with E-state index in [0.717, 1.165) is 49.7 Å². The average Bonchev–Trinajstić information content (AvgIpc) is 3.27. The summed E-state index contributed by atoms with van der Waals surface area (Å²) in [5, 5.41) is 7.54. The number of anilines is 2. The lowest BCUT2D eigenvalue weighted by atomic mass is 10.0. The number of benzene rings is 2. The molecule has 0 radical (unpaired) electrons. The van der Waals surface area contributed by atoms with Crippen molar-refractivity contribution in [1.82, 2.24) is 14.7 Å². The Balaban J connectivity index is 1.61. The molecule has 0 atom stereocenters. The van der Waals surface area contributed by atoms with Crippen LogP contribution in [0.25, 0.3) is 16.8 Å². The maximum atomic E-state index is 5.29. The monoisotopic (exact) mass is 422 g/mol. The third kappa shape index (κ3) is 3.40. The van der Waals surface area contributed by atoms with Crippen LogP contribution in [0.2, 0.25) is 0 Å². The lowest BCUT2D eigenvalue weighted by molar-refractivity contribution is 0.393. The van der Waals surface area contributed by atoms with Gasteiger partial charge in [0, 0.05) is 33.8 Å². The number of rotatable bonds is 4. The molecule has 0 saturated heterocycles. The Bertz CT molecular complexity index is 1080. The fourth-order valence-corrected chi connectivity index (χ4v) is 3.79. The van der Waals surface area contributed by atoms with Crippen LogP contribution in [0.3, 0.4) is 0 Å². The van der Waals surface area contributed by atoms with Crippen molar-refractivity contribution >= 4 is 27.3 Å². The van der Waals surface area contributed by atoms with Crippen molar-refractivity contribution in [3.63, 3.8) is 0 Å². The van der Waals surface area contributed by atoms with Gasteiger partial charge in [-0.2, -0.15) is 0 Å². The van der Waals surface area contributed by atoms with E-state index in [9.17, 15) is 0 Å². The van der Waals surface area contributed by atoms with Crippen LogP contribution < -0.4 is 5.32 Å². The van der Waals surface area contributed by atoms with Crippen molar-refractivity contribution in [2.75, 3.05) is 5.32 Å². The molecule has 0 fully saturated rings. The number of nitrogens with one attached hydrogen (secondary N) is 1. The topological polar surface area (TPSA) is 55.9 Å². The van der Waals surface area contributed by atoms with Gasteiger partial charge in [-0.25, -0.2) is 4.98 Å². The second kappa shape index (κ2) is 7.04. The van der Waals surface area contributed by atoms with Gasteiger partial charge in [0.25, 0.3) is 0 Å². The third-order valence-corrected chi connectivity index (χ3v) is 5.19. The van der Waals surface area contributed by atoms with Gasteiger partial charge in [0.05, 0.1) is 17.7 Å². The zero-order valence-corrected chi connectivity index (χ0v) is 16.9. The Labute approximate surface area is 166 Å². The Hall–Kier alpha value is -2.86. The van der Waals surface area contributed by atoms with Crippen LogP contribution in [-0.4, -0.2) is 14.7 Å². The highest BCUT2D eigenvalue weighted by Crippen LogP contribution is 2.32. The van der Waals surface area contributed by atoms with Crippen LogP contribution in [0.4, 0.5) is 11.4 Å². The second-order valence-corrected chi connectivity index (χ2v) is 7.34. The number of hydrogen-bond donors (Lipinski definition) is 1. The SMILES string of the molecule is Cc1cc(-c2c(C)noc2C)ccc1Nc1ccc(-n2ccnc2)c(Br)c1. The van der Waals surface area contributed by atoms with E-state index in [1.807, 2.05) is 24.6 Å². The first kappa shape index (κ1) is 17.5. The zero-order chi connectivity index (χ0) is 19.0. The molecule has 0 bridgehead atoms. The summed E-state index contributed by atoms with van der Waals surface area (Å²) in [7, 11) is 0. The molecule has 0 amide bonds.